The van der Waals surface area contributed by atoms with E-state index in [1.165, 1.54) is 31.2 Å². The highest BCUT2D eigenvalue weighted by atomic mass is 16.5. The maximum atomic E-state index is 5.45. The second kappa shape index (κ2) is 9.67. The van der Waals surface area contributed by atoms with E-state index < -0.39 is 0 Å². The van der Waals surface area contributed by atoms with Crippen LogP contribution in [0.3, 0.4) is 0 Å². The first-order valence-corrected chi connectivity index (χ1v) is 8.16. The highest BCUT2D eigenvalue weighted by Gasteiger charge is 2.22. The van der Waals surface area contributed by atoms with Gasteiger partial charge in [0.15, 0.2) is 11.5 Å². The van der Waals surface area contributed by atoms with Crippen LogP contribution in [0.4, 0.5) is 0 Å². The molecule has 0 aliphatic carbocycles. The fraction of sp³-hybridized carbons (Fsp3) is 0.667. The van der Waals surface area contributed by atoms with Crippen molar-refractivity contribution >= 4 is 0 Å². The first-order chi connectivity index (χ1) is 10.2. The van der Waals surface area contributed by atoms with Crippen LogP contribution in [0.1, 0.15) is 58.1 Å². The van der Waals surface area contributed by atoms with Crippen molar-refractivity contribution in [1.82, 2.24) is 5.32 Å². The molecule has 1 N–H and O–H groups in total. The lowest BCUT2D eigenvalue weighted by Gasteiger charge is -2.28. The van der Waals surface area contributed by atoms with Gasteiger partial charge < -0.3 is 14.8 Å². The van der Waals surface area contributed by atoms with Gasteiger partial charge >= 0.3 is 0 Å². The van der Waals surface area contributed by atoms with Crippen LogP contribution in [0, 0.1) is 5.92 Å². The lowest BCUT2D eigenvalue weighted by atomic mass is 9.86. The topological polar surface area (TPSA) is 30.5 Å². The van der Waals surface area contributed by atoms with Crippen molar-refractivity contribution in [3.8, 4) is 11.5 Å². The van der Waals surface area contributed by atoms with Gasteiger partial charge in [-0.3, -0.25) is 0 Å². The maximum Gasteiger partial charge on any atom is 0.161 e. The van der Waals surface area contributed by atoms with Crippen LogP contribution < -0.4 is 14.8 Å². The average Bonchev–Trinajstić information content (AvgIpc) is 2.52. The van der Waals surface area contributed by atoms with Gasteiger partial charge in [-0.15, -0.1) is 0 Å². The lowest BCUT2D eigenvalue weighted by molar-refractivity contribution is 0.317. The first kappa shape index (κ1) is 17.8. The third-order valence-corrected chi connectivity index (χ3v) is 3.98. The molecule has 0 aromatic heterocycles. The Bertz CT molecular complexity index is 400. The molecule has 0 saturated heterocycles. The van der Waals surface area contributed by atoms with Crippen molar-refractivity contribution < 1.29 is 9.47 Å². The van der Waals surface area contributed by atoms with Crippen LogP contribution in [0.25, 0.3) is 0 Å². The second-order valence-corrected chi connectivity index (χ2v) is 5.49. The summed E-state index contributed by atoms with van der Waals surface area (Å²) in [5.41, 5.74) is 1.29. The number of nitrogens with one attached hydrogen (secondary N) is 1. The van der Waals surface area contributed by atoms with Crippen LogP contribution in [-0.2, 0) is 0 Å². The van der Waals surface area contributed by atoms with E-state index in [9.17, 15) is 0 Å². The van der Waals surface area contributed by atoms with Crippen molar-refractivity contribution in [3.63, 3.8) is 0 Å². The van der Waals surface area contributed by atoms with Gasteiger partial charge in [0.25, 0.3) is 0 Å². The van der Waals surface area contributed by atoms with Gasteiger partial charge in [-0.25, -0.2) is 0 Å². The third-order valence-electron chi connectivity index (χ3n) is 3.98. The van der Waals surface area contributed by atoms with Gasteiger partial charge in [0, 0.05) is 6.04 Å². The summed E-state index contributed by atoms with van der Waals surface area (Å²) in [4.78, 5) is 0. The summed E-state index contributed by atoms with van der Waals surface area (Å²) in [6.07, 6.45) is 4.94. The third kappa shape index (κ3) is 4.92. The largest absolute Gasteiger partial charge is 0.493 e. The summed E-state index contributed by atoms with van der Waals surface area (Å²) in [6.45, 7) is 7.67. The van der Waals surface area contributed by atoms with Crippen LogP contribution in [0.2, 0.25) is 0 Å². The molecule has 0 spiro atoms. The van der Waals surface area contributed by atoms with Gasteiger partial charge in [0.05, 0.1) is 14.2 Å². The summed E-state index contributed by atoms with van der Waals surface area (Å²) < 4.78 is 10.8. The van der Waals surface area contributed by atoms with Gasteiger partial charge in [0.1, 0.15) is 0 Å². The standard InChI is InChI=1S/C18H31NO2/c1-6-9-14(10-7-2)18(19-8-3)15-11-12-16(20-4)17(13-15)21-5/h11-14,18-19H,6-10H2,1-5H3. The van der Waals surface area contributed by atoms with E-state index in [2.05, 4.69) is 38.2 Å². The normalized spacial score (nSPS) is 12.5. The summed E-state index contributed by atoms with van der Waals surface area (Å²) >= 11 is 0. The van der Waals surface area contributed by atoms with E-state index >= 15 is 0 Å². The molecule has 1 aromatic rings. The SMILES string of the molecule is CCCC(CCC)C(NCC)c1ccc(OC)c(OC)c1. The Balaban J connectivity index is 3.07. The highest BCUT2D eigenvalue weighted by molar-refractivity contribution is 5.44. The highest BCUT2D eigenvalue weighted by Crippen LogP contribution is 2.35. The molecule has 21 heavy (non-hydrogen) atoms. The van der Waals surface area contributed by atoms with Crippen molar-refractivity contribution in [1.29, 1.82) is 0 Å². The molecule has 0 radical (unpaired) electrons. The number of hydrogen-bond acceptors (Lipinski definition) is 3. The zero-order valence-corrected chi connectivity index (χ0v) is 14.2. The van der Waals surface area contributed by atoms with E-state index in [-0.39, 0.29) is 0 Å². The molecule has 1 unspecified atom stereocenters. The lowest BCUT2D eigenvalue weighted by Crippen LogP contribution is -2.28. The Morgan fingerprint density at radius 1 is 0.952 bits per heavy atom. The maximum absolute atomic E-state index is 5.45. The zero-order chi connectivity index (χ0) is 15.7. The van der Waals surface area contributed by atoms with E-state index in [1.54, 1.807) is 14.2 Å². The number of hydrogen-bond donors (Lipinski definition) is 1. The first-order valence-electron chi connectivity index (χ1n) is 8.16. The summed E-state index contributed by atoms with van der Waals surface area (Å²) in [7, 11) is 3.37. The minimum atomic E-state index is 0.384. The molecule has 1 atom stereocenters. The Morgan fingerprint density at radius 2 is 1.57 bits per heavy atom. The Hall–Kier alpha value is -1.22. The molecule has 1 aromatic carbocycles. The van der Waals surface area contributed by atoms with E-state index in [4.69, 9.17) is 9.47 Å². The number of methoxy groups -OCH3 is 2. The number of benzene rings is 1. The molecule has 120 valence electrons. The van der Waals surface area contributed by atoms with Gasteiger partial charge in [0.2, 0.25) is 0 Å². The molecule has 3 heteroatoms. The Labute approximate surface area is 130 Å². The molecule has 0 aliphatic heterocycles. The summed E-state index contributed by atoms with van der Waals surface area (Å²) in [6, 6.07) is 6.67. The molecule has 0 amide bonds. The van der Waals surface area contributed by atoms with Gasteiger partial charge in [-0.2, -0.15) is 0 Å². The molecule has 1 rings (SSSR count). The van der Waals surface area contributed by atoms with Crippen molar-refractivity contribution in [2.45, 2.75) is 52.5 Å². The minimum absolute atomic E-state index is 0.384. The monoisotopic (exact) mass is 293 g/mol. The van der Waals surface area contributed by atoms with E-state index in [0.717, 1.165) is 18.0 Å². The van der Waals surface area contributed by atoms with Gasteiger partial charge in [-0.05, 0) is 43.0 Å². The molecular weight excluding hydrogens is 262 g/mol. The molecule has 0 saturated carbocycles. The average molecular weight is 293 g/mol. The molecule has 3 nitrogen and oxygen atoms in total. The van der Waals surface area contributed by atoms with Crippen molar-refractivity contribution in [2.24, 2.45) is 5.92 Å². The fourth-order valence-corrected chi connectivity index (χ4v) is 3.04. The smallest absolute Gasteiger partial charge is 0.161 e. The number of rotatable bonds is 10. The van der Waals surface area contributed by atoms with E-state index in [0.29, 0.717) is 12.0 Å². The zero-order valence-electron chi connectivity index (χ0n) is 14.2. The summed E-state index contributed by atoms with van der Waals surface area (Å²) in [5.74, 6) is 2.27. The van der Waals surface area contributed by atoms with Crippen LogP contribution in [0.15, 0.2) is 18.2 Å². The molecule has 0 fully saturated rings. The molecule has 0 aliphatic rings. The predicted molar refractivity (Wildman–Crippen MR) is 89.3 cm³/mol. The van der Waals surface area contributed by atoms with Crippen LogP contribution >= 0.6 is 0 Å². The Kier molecular flexibility index (Phi) is 8.21. The van der Waals surface area contributed by atoms with Crippen molar-refractivity contribution in [3.05, 3.63) is 23.8 Å². The minimum Gasteiger partial charge on any atom is -0.493 e. The number of ether oxygens (including phenoxy) is 2. The van der Waals surface area contributed by atoms with Crippen LogP contribution in [0.5, 0.6) is 11.5 Å². The quantitative estimate of drug-likeness (QED) is 0.685. The van der Waals surface area contributed by atoms with E-state index in [1.807, 2.05) is 6.07 Å². The van der Waals surface area contributed by atoms with Gasteiger partial charge in [-0.1, -0.05) is 39.7 Å². The molecular formula is C18H31NO2. The van der Waals surface area contributed by atoms with Crippen LogP contribution in [-0.4, -0.2) is 20.8 Å². The fourth-order valence-electron chi connectivity index (χ4n) is 3.04. The Morgan fingerprint density at radius 3 is 2.05 bits per heavy atom. The second-order valence-electron chi connectivity index (χ2n) is 5.49. The molecule has 0 bridgehead atoms. The summed E-state index contributed by atoms with van der Waals surface area (Å²) in [5, 5.41) is 3.66. The molecule has 0 heterocycles. The predicted octanol–water partition coefficient (Wildman–Crippen LogP) is 4.57. The van der Waals surface area contributed by atoms with Crippen molar-refractivity contribution in [2.75, 3.05) is 20.8 Å².